The molecule has 0 unspecified atom stereocenters. The molecule has 0 aromatic rings. The molecule has 0 aliphatic carbocycles. The molecule has 0 aromatic heterocycles. The lowest BCUT2D eigenvalue weighted by Gasteiger charge is -1.81. The lowest BCUT2D eigenvalue weighted by molar-refractivity contribution is 0.974. The van der Waals surface area contributed by atoms with Crippen LogP contribution in [0.15, 0.2) is 6.08 Å². The molecular weight excluding hydrogens is 72.1 g/mol. The van der Waals surface area contributed by atoms with Gasteiger partial charge in [0.1, 0.15) is 0 Å². The molecule has 0 spiro atoms. The highest BCUT2D eigenvalue weighted by Gasteiger charge is 1.71. The standard InChI is InChI=1S/C6H10/c1-3-5-6-4-2/h1,3-4H,5-6H2,2H3. The molecule has 0 N–H and O–H groups in total. The summed E-state index contributed by atoms with van der Waals surface area (Å²) in [5.41, 5.74) is 0. The van der Waals surface area contributed by atoms with Crippen LogP contribution < -0.4 is 0 Å². The van der Waals surface area contributed by atoms with Gasteiger partial charge in [-0.15, -0.1) is 0 Å². The first-order chi connectivity index (χ1) is 2.91. The molecule has 0 rings (SSSR count). The van der Waals surface area contributed by atoms with Gasteiger partial charge in [0.05, 0.1) is 0 Å². The highest BCUT2D eigenvalue weighted by molar-refractivity contribution is 4.66. The Morgan fingerprint density at radius 2 is 2.17 bits per heavy atom. The Bertz CT molecular complexity index is 29.0. The smallest absolute Gasteiger partial charge is 0.0345 e. The van der Waals surface area contributed by atoms with Crippen molar-refractivity contribution in [1.29, 1.82) is 0 Å². The summed E-state index contributed by atoms with van der Waals surface area (Å²) < 4.78 is 0. The minimum Gasteiger partial charge on any atom is -0.0845 e. The maximum atomic E-state index is 5.07. The van der Waals surface area contributed by atoms with Crippen LogP contribution in [-0.2, 0) is 0 Å². The van der Waals surface area contributed by atoms with Crippen molar-refractivity contribution in [3.8, 4) is 0 Å². The Hall–Kier alpha value is -0.260. The van der Waals surface area contributed by atoms with Crippen molar-refractivity contribution < 1.29 is 0 Å². The van der Waals surface area contributed by atoms with Gasteiger partial charge in [-0.2, -0.15) is 0 Å². The fourth-order valence-electron chi connectivity index (χ4n) is 0.263. The zero-order valence-electron chi connectivity index (χ0n) is 4.15. The van der Waals surface area contributed by atoms with Gasteiger partial charge in [0, 0.05) is 0 Å². The number of hydrogen-bond donors (Lipinski definition) is 0. The minimum atomic E-state index is 1.01. The van der Waals surface area contributed by atoms with Crippen LogP contribution in [0.3, 0.4) is 0 Å². The molecule has 34 valence electrons. The third-order valence-corrected chi connectivity index (χ3v) is 0.622. The highest BCUT2D eigenvalue weighted by Crippen LogP contribution is 1.89. The van der Waals surface area contributed by atoms with Gasteiger partial charge in [0.25, 0.3) is 0 Å². The quantitative estimate of drug-likeness (QED) is 0.457. The van der Waals surface area contributed by atoms with E-state index in [1.54, 1.807) is 6.08 Å². The number of unbranched alkanes of at least 4 members (excludes halogenated alkanes) is 2. The van der Waals surface area contributed by atoms with Crippen molar-refractivity contribution in [3.05, 3.63) is 19.1 Å². The van der Waals surface area contributed by atoms with E-state index >= 15 is 0 Å². The van der Waals surface area contributed by atoms with Gasteiger partial charge in [-0.3, -0.25) is 0 Å². The molecule has 6 heavy (non-hydrogen) atoms. The topological polar surface area (TPSA) is 0 Å². The van der Waals surface area contributed by atoms with E-state index in [9.17, 15) is 0 Å². The summed E-state index contributed by atoms with van der Waals surface area (Å²) >= 11 is 0. The van der Waals surface area contributed by atoms with Crippen molar-refractivity contribution in [2.24, 2.45) is 0 Å². The van der Waals surface area contributed by atoms with Crippen LogP contribution in [0.1, 0.15) is 19.8 Å². The van der Waals surface area contributed by atoms with E-state index < -0.39 is 0 Å². The highest BCUT2D eigenvalue weighted by atomic mass is 13.8. The van der Waals surface area contributed by atoms with Crippen LogP contribution in [0.4, 0.5) is 0 Å². The normalized spacial score (nSPS) is 8.17. The van der Waals surface area contributed by atoms with Crippen LogP contribution >= 0.6 is 0 Å². The Kier molecular flexibility index (Phi) is 4.53. The van der Waals surface area contributed by atoms with E-state index in [-0.39, 0.29) is 0 Å². The van der Waals surface area contributed by atoms with Crippen molar-refractivity contribution in [2.45, 2.75) is 19.8 Å². The largest absolute Gasteiger partial charge is 0.0845 e. The van der Waals surface area contributed by atoms with Crippen molar-refractivity contribution >= 4 is 0 Å². The maximum absolute atomic E-state index is 5.07. The second kappa shape index (κ2) is 4.74. The average Bonchev–Trinajstić information content (AvgIpc) is 1.61. The van der Waals surface area contributed by atoms with E-state index in [4.69, 9.17) is 6.58 Å². The number of rotatable bonds is 3. The van der Waals surface area contributed by atoms with Gasteiger partial charge < -0.3 is 0 Å². The molecular formula is C6H10. The molecule has 0 aliphatic heterocycles. The van der Waals surface area contributed by atoms with E-state index in [2.05, 4.69) is 6.42 Å². The molecule has 0 amide bonds. The SMILES string of the molecule is [CH]=CCC[CH]C. The molecule has 0 saturated heterocycles. The second-order valence-electron chi connectivity index (χ2n) is 1.22. The Morgan fingerprint density at radius 3 is 2.33 bits per heavy atom. The molecule has 0 nitrogen and oxygen atoms in total. The van der Waals surface area contributed by atoms with E-state index in [0.29, 0.717) is 0 Å². The number of hydrogen-bond acceptors (Lipinski definition) is 0. The molecule has 2 radical (unpaired) electrons. The van der Waals surface area contributed by atoms with E-state index in [1.165, 1.54) is 0 Å². The summed E-state index contributed by atoms with van der Waals surface area (Å²) in [6, 6.07) is 0. The third kappa shape index (κ3) is 3.74. The monoisotopic (exact) mass is 82.1 g/mol. The van der Waals surface area contributed by atoms with Crippen molar-refractivity contribution in [1.82, 2.24) is 0 Å². The Labute approximate surface area is 39.9 Å². The van der Waals surface area contributed by atoms with Crippen LogP contribution in [0.5, 0.6) is 0 Å². The molecule has 0 aromatic carbocycles. The summed E-state index contributed by atoms with van der Waals surface area (Å²) in [5, 5.41) is 0. The van der Waals surface area contributed by atoms with Crippen molar-refractivity contribution in [2.75, 3.05) is 0 Å². The summed E-state index contributed by atoms with van der Waals surface area (Å²) in [6.07, 6.45) is 5.90. The minimum absolute atomic E-state index is 1.01. The summed E-state index contributed by atoms with van der Waals surface area (Å²) in [6.45, 7) is 7.10. The molecule has 0 bridgehead atoms. The van der Waals surface area contributed by atoms with Gasteiger partial charge in [-0.25, -0.2) is 0 Å². The summed E-state index contributed by atoms with van der Waals surface area (Å²) in [4.78, 5) is 0. The van der Waals surface area contributed by atoms with Gasteiger partial charge in [0.15, 0.2) is 0 Å². The molecule has 0 aliphatic rings. The first kappa shape index (κ1) is 5.74. The molecule has 0 fully saturated rings. The zero-order chi connectivity index (χ0) is 4.83. The van der Waals surface area contributed by atoms with Crippen LogP contribution in [0.2, 0.25) is 0 Å². The van der Waals surface area contributed by atoms with Crippen molar-refractivity contribution in [3.63, 3.8) is 0 Å². The van der Waals surface area contributed by atoms with Gasteiger partial charge in [-0.05, 0) is 19.3 Å². The fourth-order valence-corrected chi connectivity index (χ4v) is 0.263. The molecule has 0 heterocycles. The van der Waals surface area contributed by atoms with Gasteiger partial charge in [0.2, 0.25) is 0 Å². The van der Waals surface area contributed by atoms with E-state index in [0.717, 1.165) is 12.8 Å². The van der Waals surface area contributed by atoms with Gasteiger partial charge >= 0.3 is 0 Å². The molecule has 0 heteroatoms. The zero-order valence-corrected chi connectivity index (χ0v) is 4.15. The second-order valence-corrected chi connectivity index (χ2v) is 1.22. The van der Waals surface area contributed by atoms with Crippen LogP contribution in [0, 0.1) is 13.0 Å². The fraction of sp³-hybridized carbons (Fsp3) is 0.500. The maximum Gasteiger partial charge on any atom is -0.0345 e. The number of allylic oxidation sites excluding steroid dienone is 1. The third-order valence-electron chi connectivity index (χ3n) is 0.622. The van der Waals surface area contributed by atoms with Crippen LogP contribution in [-0.4, -0.2) is 0 Å². The summed E-state index contributed by atoms with van der Waals surface area (Å²) in [5.74, 6) is 0. The first-order valence-electron chi connectivity index (χ1n) is 2.23. The predicted octanol–water partition coefficient (Wildman–Crippen LogP) is 1.98. The Morgan fingerprint density at radius 1 is 1.50 bits per heavy atom. The lowest BCUT2D eigenvalue weighted by atomic mass is 10.3. The Balaban J connectivity index is 2.49. The predicted molar refractivity (Wildman–Crippen MR) is 28.1 cm³/mol. The molecule has 0 atom stereocenters. The molecule has 0 saturated carbocycles. The average molecular weight is 82.1 g/mol. The lowest BCUT2D eigenvalue weighted by Crippen LogP contribution is -1.63. The van der Waals surface area contributed by atoms with E-state index in [1.807, 2.05) is 6.92 Å². The summed E-state index contributed by atoms with van der Waals surface area (Å²) in [7, 11) is 0. The first-order valence-corrected chi connectivity index (χ1v) is 2.23. The van der Waals surface area contributed by atoms with Crippen LogP contribution in [0.25, 0.3) is 0 Å². The van der Waals surface area contributed by atoms with Gasteiger partial charge in [-0.1, -0.05) is 19.6 Å².